The molecule has 2 rings (SSSR count). The largest absolute Gasteiger partial charge is 0.329 e. The Balaban J connectivity index is 1.86. The van der Waals surface area contributed by atoms with Crippen LogP contribution in [0.2, 0.25) is 0 Å². The minimum Gasteiger partial charge on any atom is -0.315 e. The molecule has 1 aliphatic rings. The van der Waals surface area contributed by atoms with E-state index in [0.717, 1.165) is 31.4 Å². The number of para-hydroxylation sites is 1. The van der Waals surface area contributed by atoms with E-state index in [0.29, 0.717) is 0 Å². The molecule has 0 unspecified atom stereocenters. The van der Waals surface area contributed by atoms with Gasteiger partial charge in [-0.1, -0.05) is 57.1 Å². The van der Waals surface area contributed by atoms with Crippen LogP contribution in [0.1, 0.15) is 70.6 Å². The van der Waals surface area contributed by atoms with Gasteiger partial charge in [0.15, 0.2) is 0 Å². The van der Waals surface area contributed by atoms with Gasteiger partial charge in [-0.15, -0.1) is 0 Å². The molecule has 0 aliphatic heterocycles. The Bertz CT molecular complexity index is 617. The molecular weight excluding hydrogens is 333 g/mol. The van der Waals surface area contributed by atoms with Crippen molar-refractivity contribution in [3.8, 4) is 0 Å². The number of anilines is 1. The van der Waals surface area contributed by atoms with Crippen LogP contribution in [0.15, 0.2) is 29.4 Å². The Labute approximate surface area is 154 Å². The average molecular weight is 361 g/mol. The van der Waals surface area contributed by atoms with E-state index >= 15 is 0 Å². The SMILES string of the molecule is O=C(NN=C1CCCCCCCCCCC1)C(=O)Nc1ccccc1F. The molecule has 1 aromatic carbocycles. The third-order valence-corrected chi connectivity index (χ3v) is 4.57. The number of hydrogen-bond donors (Lipinski definition) is 2. The lowest BCUT2D eigenvalue weighted by Gasteiger charge is -2.10. The van der Waals surface area contributed by atoms with Crippen LogP contribution in [0.4, 0.5) is 10.1 Å². The monoisotopic (exact) mass is 361 g/mol. The standard InChI is InChI=1S/C20H28FN3O2/c21-17-14-10-11-15-18(17)22-19(25)20(26)24-23-16-12-8-6-4-2-1-3-5-7-9-13-16/h10-11,14-15H,1-9,12-13H2,(H,22,25)(H,24,26). The molecule has 1 saturated carbocycles. The van der Waals surface area contributed by atoms with Gasteiger partial charge < -0.3 is 5.32 Å². The molecule has 5 nitrogen and oxygen atoms in total. The number of rotatable bonds is 2. The topological polar surface area (TPSA) is 70.6 Å². The number of hydrazone groups is 1. The van der Waals surface area contributed by atoms with E-state index in [1.807, 2.05) is 0 Å². The molecule has 2 amide bonds. The third-order valence-electron chi connectivity index (χ3n) is 4.57. The lowest BCUT2D eigenvalue weighted by molar-refractivity contribution is -0.136. The van der Waals surface area contributed by atoms with Gasteiger partial charge in [0, 0.05) is 5.71 Å². The van der Waals surface area contributed by atoms with Gasteiger partial charge in [-0.3, -0.25) is 9.59 Å². The zero-order chi connectivity index (χ0) is 18.6. The molecule has 0 bridgehead atoms. The van der Waals surface area contributed by atoms with Gasteiger partial charge in [-0.25, -0.2) is 9.82 Å². The molecule has 0 atom stereocenters. The summed E-state index contributed by atoms with van der Waals surface area (Å²) in [5.41, 5.74) is 3.22. The highest BCUT2D eigenvalue weighted by atomic mass is 19.1. The summed E-state index contributed by atoms with van der Waals surface area (Å²) in [7, 11) is 0. The summed E-state index contributed by atoms with van der Waals surface area (Å²) in [6.45, 7) is 0. The fraction of sp³-hybridized carbons (Fsp3) is 0.550. The first kappa shape index (κ1) is 20.1. The van der Waals surface area contributed by atoms with Crippen LogP contribution in [0.5, 0.6) is 0 Å². The van der Waals surface area contributed by atoms with Crippen LogP contribution in [0.3, 0.4) is 0 Å². The molecule has 0 saturated heterocycles. The number of halogens is 1. The fourth-order valence-electron chi connectivity index (χ4n) is 3.05. The van der Waals surface area contributed by atoms with Crippen LogP contribution in [0, 0.1) is 5.82 Å². The molecule has 2 N–H and O–H groups in total. The molecule has 26 heavy (non-hydrogen) atoms. The van der Waals surface area contributed by atoms with Crippen molar-refractivity contribution in [3.63, 3.8) is 0 Å². The summed E-state index contributed by atoms with van der Waals surface area (Å²) in [4.78, 5) is 23.8. The maximum absolute atomic E-state index is 13.5. The smallest absolute Gasteiger partial charge is 0.315 e. The molecule has 6 heteroatoms. The lowest BCUT2D eigenvalue weighted by Crippen LogP contribution is -2.33. The van der Waals surface area contributed by atoms with Crippen molar-refractivity contribution in [2.75, 3.05) is 5.32 Å². The maximum atomic E-state index is 13.5. The Hall–Kier alpha value is -2.24. The van der Waals surface area contributed by atoms with Crippen molar-refractivity contribution < 1.29 is 14.0 Å². The number of nitrogens with one attached hydrogen (secondary N) is 2. The Kier molecular flexibility index (Phi) is 8.79. The van der Waals surface area contributed by atoms with E-state index in [2.05, 4.69) is 15.8 Å². The van der Waals surface area contributed by atoms with Gasteiger partial charge in [0.05, 0.1) is 5.69 Å². The summed E-state index contributed by atoms with van der Waals surface area (Å²) < 4.78 is 13.5. The van der Waals surface area contributed by atoms with Crippen molar-refractivity contribution in [2.24, 2.45) is 5.10 Å². The van der Waals surface area contributed by atoms with E-state index in [9.17, 15) is 14.0 Å². The number of amides is 2. The van der Waals surface area contributed by atoms with Crippen LogP contribution < -0.4 is 10.7 Å². The Morgan fingerprint density at radius 1 is 0.808 bits per heavy atom. The highest BCUT2D eigenvalue weighted by Crippen LogP contribution is 2.15. The Morgan fingerprint density at radius 3 is 1.92 bits per heavy atom. The molecule has 142 valence electrons. The molecular formula is C20H28FN3O2. The summed E-state index contributed by atoms with van der Waals surface area (Å²) in [5.74, 6) is -2.39. The number of hydrogen-bond acceptors (Lipinski definition) is 3. The average Bonchev–Trinajstić information content (AvgIpc) is 2.63. The minimum atomic E-state index is -0.924. The number of carbonyl (C=O) groups is 2. The minimum absolute atomic E-state index is 0.0219. The highest BCUT2D eigenvalue weighted by Gasteiger charge is 2.15. The second-order valence-electron chi connectivity index (χ2n) is 6.73. The predicted octanol–water partition coefficient (Wildman–Crippen LogP) is 4.54. The zero-order valence-corrected chi connectivity index (χ0v) is 15.2. The van der Waals surface area contributed by atoms with Gasteiger partial charge >= 0.3 is 11.8 Å². The molecule has 0 spiro atoms. The molecule has 1 fully saturated rings. The predicted molar refractivity (Wildman–Crippen MR) is 101 cm³/mol. The summed E-state index contributed by atoms with van der Waals surface area (Å²) in [6, 6.07) is 5.72. The van der Waals surface area contributed by atoms with Gasteiger partial charge in [-0.2, -0.15) is 5.10 Å². The quantitative estimate of drug-likeness (QED) is 0.600. The van der Waals surface area contributed by atoms with E-state index < -0.39 is 17.6 Å². The summed E-state index contributed by atoms with van der Waals surface area (Å²) in [6.07, 6.45) is 12.5. The molecule has 1 aromatic rings. The van der Waals surface area contributed by atoms with E-state index in [4.69, 9.17) is 0 Å². The van der Waals surface area contributed by atoms with Crippen molar-refractivity contribution in [1.29, 1.82) is 0 Å². The van der Waals surface area contributed by atoms with Gasteiger partial charge in [0.1, 0.15) is 5.82 Å². The number of benzene rings is 1. The van der Waals surface area contributed by atoms with Gasteiger partial charge in [-0.05, 0) is 37.8 Å². The maximum Gasteiger partial charge on any atom is 0.329 e. The second-order valence-corrected chi connectivity index (χ2v) is 6.73. The van der Waals surface area contributed by atoms with Gasteiger partial charge in [0.25, 0.3) is 0 Å². The lowest BCUT2D eigenvalue weighted by atomic mass is 10.00. The fourth-order valence-corrected chi connectivity index (χ4v) is 3.05. The van der Waals surface area contributed by atoms with E-state index in [-0.39, 0.29) is 5.69 Å². The highest BCUT2D eigenvalue weighted by molar-refractivity contribution is 6.39. The van der Waals surface area contributed by atoms with Crippen molar-refractivity contribution in [1.82, 2.24) is 5.43 Å². The third kappa shape index (κ3) is 7.33. The van der Waals surface area contributed by atoms with Crippen LogP contribution in [0.25, 0.3) is 0 Å². The van der Waals surface area contributed by atoms with E-state index in [1.165, 1.54) is 63.1 Å². The summed E-state index contributed by atoms with van der Waals surface area (Å²) >= 11 is 0. The van der Waals surface area contributed by atoms with Crippen LogP contribution in [-0.4, -0.2) is 17.5 Å². The second kappa shape index (κ2) is 11.4. The van der Waals surface area contributed by atoms with Crippen molar-refractivity contribution in [2.45, 2.75) is 70.6 Å². The van der Waals surface area contributed by atoms with Gasteiger partial charge in [0.2, 0.25) is 0 Å². The van der Waals surface area contributed by atoms with Crippen LogP contribution in [-0.2, 0) is 9.59 Å². The zero-order valence-electron chi connectivity index (χ0n) is 15.2. The first-order chi connectivity index (χ1) is 12.7. The molecule has 0 radical (unpaired) electrons. The number of nitrogens with zero attached hydrogens (tertiary/aromatic N) is 1. The molecule has 0 heterocycles. The first-order valence-electron chi connectivity index (χ1n) is 9.58. The molecule has 1 aliphatic carbocycles. The normalized spacial score (nSPS) is 16.7. The van der Waals surface area contributed by atoms with Crippen LogP contribution >= 0.6 is 0 Å². The van der Waals surface area contributed by atoms with E-state index in [1.54, 1.807) is 6.07 Å². The summed E-state index contributed by atoms with van der Waals surface area (Å²) in [5, 5.41) is 6.42. The molecule has 0 aromatic heterocycles. The Morgan fingerprint density at radius 2 is 1.35 bits per heavy atom. The van der Waals surface area contributed by atoms with Crippen molar-refractivity contribution in [3.05, 3.63) is 30.1 Å². The number of carbonyl (C=O) groups excluding carboxylic acids is 2. The first-order valence-corrected chi connectivity index (χ1v) is 9.58. The van der Waals surface area contributed by atoms with Crippen molar-refractivity contribution >= 4 is 23.2 Å².